The highest BCUT2D eigenvalue weighted by Crippen LogP contribution is 2.38. The molecule has 39 heavy (non-hydrogen) atoms. The fourth-order valence-electron chi connectivity index (χ4n) is 5.58. The number of para-hydroxylation sites is 1. The first kappa shape index (κ1) is 23.0. The first-order valence-corrected chi connectivity index (χ1v) is 13.4. The van der Waals surface area contributed by atoms with Gasteiger partial charge in [-0.05, 0) is 62.7 Å². The maximum Gasteiger partial charge on any atom is 0.0465 e. The number of nitrogens with one attached hydrogen (secondary N) is 1. The molecule has 0 fully saturated rings. The van der Waals surface area contributed by atoms with Gasteiger partial charge >= 0.3 is 0 Å². The van der Waals surface area contributed by atoms with Crippen molar-refractivity contribution in [2.45, 2.75) is 0 Å². The van der Waals surface area contributed by atoms with Crippen LogP contribution in [0.25, 0.3) is 44.1 Å². The van der Waals surface area contributed by atoms with E-state index in [1.807, 2.05) is 0 Å². The minimum absolute atomic E-state index is 1.17. The Bertz CT molecular complexity index is 1870. The van der Waals surface area contributed by atoms with E-state index in [2.05, 4.69) is 163 Å². The third-order valence-electron chi connectivity index (χ3n) is 7.45. The van der Waals surface area contributed by atoms with Crippen LogP contribution in [-0.4, -0.2) is 4.98 Å². The summed E-state index contributed by atoms with van der Waals surface area (Å²) in [5.74, 6) is 0. The predicted molar refractivity (Wildman–Crippen MR) is 166 cm³/mol. The minimum atomic E-state index is 1.17. The summed E-state index contributed by atoms with van der Waals surface area (Å²) in [6, 6.07) is 56.4. The lowest BCUT2D eigenvalue weighted by molar-refractivity contribution is 1.50. The Kier molecular flexibility index (Phi) is 5.88. The van der Waals surface area contributed by atoms with E-state index in [-0.39, 0.29) is 0 Å². The summed E-state index contributed by atoms with van der Waals surface area (Å²) in [4.78, 5) is 3.54. The number of hydrogen-bond acceptors (Lipinski definition) is 0. The highest BCUT2D eigenvalue weighted by Gasteiger charge is 2.16. The molecule has 7 rings (SSSR count). The number of H-pyrrole nitrogens is 1. The summed E-state index contributed by atoms with van der Waals surface area (Å²) in [6.07, 6.45) is 0. The van der Waals surface area contributed by atoms with Gasteiger partial charge in [-0.2, -0.15) is 0 Å². The molecular formula is C38H27N. The molecule has 1 aromatic heterocycles. The van der Waals surface area contributed by atoms with Gasteiger partial charge in [0.1, 0.15) is 0 Å². The monoisotopic (exact) mass is 497 g/mol. The molecule has 1 nitrogen and oxygen atoms in total. The maximum absolute atomic E-state index is 3.54. The average Bonchev–Trinajstić information content (AvgIpc) is 3.39. The van der Waals surface area contributed by atoms with Crippen LogP contribution < -0.4 is 0 Å². The lowest BCUT2D eigenvalue weighted by atomic mass is 9.85. The normalized spacial score (nSPS) is 11.1. The fourth-order valence-corrected chi connectivity index (χ4v) is 5.58. The largest absolute Gasteiger partial charge is 0.355 e. The van der Waals surface area contributed by atoms with Crippen molar-refractivity contribution >= 4 is 33.0 Å². The molecule has 0 atom stereocenters. The van der Waals surface area contributed by atoms with E-state index in [0.29, 0.717) is 0 Å². The summed E-state index contributed by atoms with van der Waals surface area (Å²) in [5.41, 5.74) is 12.0. The number of hydrogen-bond donors (Lipinski definition) is 1. The standard InChI is InChI=1S/C38H27N/c1-4-12-28(13-5-1)37(29-14-6-2-7-15-29)38(30-16-8-3-9-17-30)31-22-20-27(21-23-31)32-24-25-36-34(26-32)33-18-10-11-19-35(33)39-36/h1-26,39H. The number of aromatic amines is 1. The molecule has 184 valence electrons. The van der Waals surface area contributed by atoms with Gasteiger partial charge in [-0.25, -0.2) is 0 Å². The van der Waals surface area contributed by atoms with E-state index >= 15 is 0 Å². The molecule has 0 unspecified atom stereocenters. The molecule has 1 heteroatoms. The molecule has 1 heterocycles. The van der Waals surface area contributed by atoms with Crippen LogP contribution in [-0.2, 0) is 0 Å². The van der Waals surface area contributed by atoms with Crippen molar-refractivity contribution in [1.82, 2.24) is 4.98 Å². The van der Waals surface area contributed by atoms with Gasteiger partial charge in [0.2, 0.25) is 0 Å². The second-order valence-electron chi connectivity index (χ2n) is 9.86. The lowest BCUT2D eigenvalue weighted by Gasteiger charge is -2.18. The van der Waals surface area contributed by atoms with Gasteiger partial charge in [-0.3, -0.25) is 0 Å². The van der Waals surface area contributed by atoms with Gasteiger partial charge < -0.3 is 4.98 Å². The zero-order chi connectivity index (χ0) is 26.0. The Labute approximate surface area is 228 Å². The highest BCUT2D eigenvalue weighted by molar-refractivity contribution is 6.08. The molecule has 0 amide bonds. The van der Waals surface area contributed by atoms with Gasteiger partial charge in [-0.1, -0.05) is 140 Å². The van der Waals surface area contributed by atoms with Gasteiger partial charge in [0.25, 0.3) is 0 Å². The Morgan fingerprint density at radius 1 is 0.333 bits per heavy atom. The first-order valence-electron chi connectivity index (χ1n) is 13.4. The van der Waals surface area contributed by atoms with Gasteiger partial charge in [0, 0.05) is 21.8 Å². The Hall–Kier alpha value is -5.14. The van der Waals surface area contributed by atoms with Gasteiger partial charge in [0.05, 0.1) is 0 Å². The van der Waals surface area contributed by atoms with Crippen molar-refractivity contribution in [1.29, 1.82) is 0 Å². The number of fused-ring (bicyclic) bond motifs is 3. The van der Waals surface area contributed by atoms with Crippen LogP contribution >= 0.6 is 0 Å². The zero-order valence-electron chi connectivity index (χ0n) is 21.5. The van der Waals surface area contributed by atoms with Crippen LogP contribution in [0.3, 0.4) is 0 Å². The molecular weight excluding hydrogens is 470 g/mol. The molecule has 0 saturated heterocycles. The maximum atomic E-state index is 3.54. The Morgan fingerprint density at radius 3 is 1.33 bits per heavy atom. The number of benzene rings is 6. The van der Waals surface area contributed by atoms with Crippen LogP contribution in [0.1, 0.15) is 22.3 Å². The Morgan fingerprint density at radius 2 is 0.769 bits per heavy atom. The van der Waals surface area contributed by atoms with E-state index in [9.17, 15) is 0 Å². The van der Waals surface area contributed by atoms with Gasteiger partial charge in [0.15, 0.2) is 0 Å². The summed E-state index contributed by atoms with van der Waals surface area (Å²) < 4.78 is 0. The summed E-state index contributed by atoms with van der Waals surface area (Å²) >= 11 is 0. The van der Waals surface area contributed by atoms with Crippen LogP contribution in [0.2, 0.25) is 0 Å². The topological polar surface area (TPSA) is 15.8 Å². The van der Waals surface area contributed by atoms with E-state index in [4.69, 9.17) is 0 Å². The summed E-state index contributed by atoms with van der Waals surface area (Å²) in [6.45, 7) is 0. The van der Waals surface area contributed by atoms with Crippen molar-refractivity contribution in [3.8, 4) is 11.1 Å². The van der Waals surface area contributed by atoms with E-state index in [1.165, 1.54) is 66.3 Å². The smallest absolute Gasteiger partial charge is 0.0465 e. The molecule has 0 aliphatic carbocycles. The molecule has 7 aromatic rings. The third-order valence-corrected chi connectivity index (χ3v) is 7.45. The van der Waals surface area contributed by atoms with Crippen molar-refractivity contribution in [2.75, 3.05) is 0 Å². The SMILES string of the molecule is c1ccc(C(=C(c2ccccc2)c2ccc(-c3ccc4[nH]c5ccccc5c4c3)cc2)c2ccccc2)cc1. The van der Waals surface area contributed by atoms with E-state index in [0.717, 1.165) is 0 Å². The van der Waals surface area contributed by atoms with E-state index in [1.54, 1.807) is 0 Å². The zero-order valence-corrected chi connectivity index (χ0v) is 21.5. The second kappa shape index (κ2) is 9.96. The van der Waals surface area contributed by atoms with Crippen LogP contribution in [0.15, 0.2) is 158 Å². The number of aromatic nitrogens is 1. The molecule has 0 radical (unpaired) electrons. The molecule has 0 saturated carbocycles. The van der Waals surface area contributed by atoms with E-state index < -0.39 is 0 Å². The minimum Gasteiger partial charge on any atom is -0.355 e. The number of rotatable bonds is 5. The van der Waals surface area contributed by atoms with Crippen LogP contribution in [0.4, 0.5) is 0 Å². The summed E-state index contributed by atoms with van der Waals surface area (Å²) in [5, 5.41) is 2.52. The van der Waals surface area contributed by atoms with Crippen molar-refractivity contribution in [3.05, 3.63) is 180 Å². The molecule has 6 aromatic carbocycles. The van der Waals surface area contributed by atoms with Crippen molar-refractivity contribution in [2.24, 2.45) is 0 Å². The molecule has 0 bridgehead atoms. The van der Waals surface area contributed by atoms with Crippen molar-refractivity contribution in [3.63, 3.8) is 0 Å². The molecule has 0 aliphatic heterocycles. The highest BCUT2D eigenvalue weighted by atomic mass is 14.7. The first-order chi connectivity index (χ1) is 19.3. The quantitative estimate of drug-likeness (QED) is 0.228. The second-order valence-corrected chi connectivity index (χ2v) is 9.86. The third kappa shape index (κ3) is 4.35. The van der Waals surface area contributed by atoms with Crippen molar-refractivity contribution < 1.29 is 0 Å². The molecule has 1 N–H and O–H groups in total. The lowest BCUT2D eigenvalue weighted by Crippen LogP contribution is -1.97. The van der Waals surface area contributed by atoms with Crippen LogP contribution in [0, 0.1) is 0 Å². The summed E-state index contributed by atoms with van der Waals surface area (Å²) in [7, 11) is 0. The predicted octanol–water partition coefficient (Wildman–Crippen LogP) is 10.00. The Balaban J connectivity index is 1.40. The molecule has 0 aliphatic rings. The fraction of sp³-hybridized carbons (Fsp3) is 0. The van der Waals surface area contributed by atoms with Gasteiger partial charge in [-0.15, -0.1) is 0 Å². The molecule has 0 spiro atoms. The average molecular weight is 498 g/mol. The van der Waals surface area contributed by atoms with Crippen LogP contribution in [0.5, 0.6) is 0 Å².